The molecule has 0 saturated heterocycles. The first-order chi connectivity index (χ1) is 9.95. The molecule has 0 aromatic carbocycles. The predicted octanol–water partition coefficient (Wildman–Crippen LogP) is 1.37. The molecule has 0 aliphatic carbocycles. The molecule has 2 aromatic rings. The summed E-state index contributed by atoms with van der Waals surface area (Å²) >= 11 is 5.80. The molecule has 0 spiro atoms. The lowest BCUT2D eigenvalue weighted by atomic mass is 10.2. The maximum atomic E-state index is 11.9. The Kier molecular flexibility index (Phi) is 4.54. The zero-order valence-corrected chi connectivity index (χ0v) is 12.0. The van der Waals surface area contributed by atoms with Crippen LogP contribution in [0.15, 0.2) is 24.7 Å². The molecule has 0 radical (unpaired) electrons. The summed E-state index contributed by atoms with van der Waals surface area (Å²) in [7, 11) is 0. The molecule has 21 heavy (non-hydrogen) atoms. The van der Waals surface area contributed by atoms with Gasteiger partial charge in [-0.1, -0.05) is 11.6 Å². The maximum Gasteiger partial charge on any atom is 0.356 e. The van der Waals surface area contributed by atoms with Crippen LogP contribution in [0.25, 0.3) is 0 Å². The quantitative estimate of drug-likeness (QED) is 0.813. The molecule has 0 fully saturated rings. The molecule has 0 aliphatic heterocycles. The van der Waals surface area contributed by atoms with Gasteiger partial charge in [0, 0.05) is 30.5 Å². The highest BCUT2D eigenvalue weighted by molar-refractivity contribution is 6.29. The second-order valence-electron chi connectivity index (χ2n) is 4.38. The minimum absolute atomic E-state index is 0.0298. The van der Waals surface area contributed by atoms with E-state index in [4.69, 9.17) is 16.7 Å². The van der Waals surface area contributed by atoms with Crippen molar-refractivity contribution >= 4 is 23.5 Å². The molecular weight excluding hydrogens is 296 g/mol. The molecule has 8 heteroatoms. The Morgan fingerprint density at radius 2 is 2.19 bits per heavy atom. The minimum atomic E-state index is -1.08. The Morgan fingerprint density at radius 1 is 1.43 bits per heavy atom. The number of nitrogens with zero attached hydrogens (tertiary/aromatic N) is 3. The third kappa shape index (κ3) is 4.03. The summed E-state index contributed by atoms with van der Waals surface area (Å²) in [6, 6.07) is 3.13. The Labute approximate surface area is 125 Å². The SMILES string of the molecule is Cc1cc(C(=O)NCCn2cnc(C(=O)O)c2)cc(Cl)n1. The zero-order valence-electron chi connectivity index (χ0n) is 11.2. The molecule has 110 valence electrons. The van der Waals surface area contributed by atoms with E-state index in [9.17, 15) is 9.59 Å². The van der Waals surface area contributed by atoms with Crippen molar-refractivity contribution < 1.29 is 14.7 Å². The number of carboxylic acid groups (broad SMARTS) is 1. The first-order valence-corrected chi connectivity index (χ1v) is 6.51. The van der Waals surface area contributed by atoms with E-state index in [2.05, 4.69) is 15.3 Å². The van der Waals surface area contributed by atoms with E-state index in [0.717, 1.165) is 0 Å². The van der Waals surface area contributed by atoms with Crippen LogP contribution in [0.1, 0.15) is 26.5 Å². The first-order valence-electron chi connectivity index (χ1n) is 6.13. The van der Waals surface area contributed by atoms with Gasteiger partial charge in [0.15, 0.2) is 5.69 Å². The van der Waals surface area contributed by atoms with Gasteiger partial charge in [0.05, 0.1) is 6.33 Å². The van der Waals surface area contributed by atoms with E-state index in [1.807, 2.05) is 0 Å². The summed E-state index contributed by atoms with van der Waals surface area (Å²) in [4.78, 5) is 30.3. The molecule has 0 aliphatic rings. The Bertz CT molecular complexity index is 664. The summed E-state index contributed by atoms with van der Waals surface area (Å²) in [6.45, 7) is 2.51. The fourth-order valence-corrected chi connectivity index (χ4v) is 2.00. The van der Waals surface area contributed by atoms with Gasteiger partial charge < -0.3 is 15.0 Å². The summed E-state index contributed by atoms with van der Waals surface area (Å²) in [6.07, 6.45) is 2.81. The largest absolute Gasteiger partial charge is 0.476 e. The van der Waals surface area contributed by atoms with E-state index >= 15 is 0 Å². The van der Waals surface area contributed by atoms with Gasteiger partial charge in [-0.3, -0.25) is 4.79 Å². The lowest BCUT2D eigenvalue weighted by Gasteiger charge is -2.06. The van der Waals surface area contributed by atoms with Crippen molar-refractivity contribution in [1.82, 2.24) is 19.9 Å². The van der Waals surface area contributed by atoms with Gasteiger partial charge in [0.25, 0.3) is 5.91 Å². The number of halogens is 1. The highest BCUT2D eigenvalue weighted by Gasteiger charge is 2.09. The number of rotatable bonds is 5. The van der Waals surface area contributed by atoms with Crippen molar-refractivity contribution in [3.8, 4) is 0 Å². The number of hydrogen-bond donors (Lipinski definition) is 2. The lowest BCUT2D eigenvalue weighted by molar-refractivity contribution is 0.0690. The molecule has 1 amide bonds. The average Bonchev–Trinajstić information content (AvgIpc) is 2.86. The molecular formula is C13H13ClN4O3. The van der Waals surface area contributed by atoms with Crippen molar-refractivity contribution in [3.63, 3.8) is 0 Å². The number of aromatic nitrogens is 3. The van der Waals surface area contributed by atoms with E-state index < -0.39 is 5.97 Å². The number of hydrogen-bond acceptors (Lipinski definition) is 4. The normalized spacial score (nSPS) is 10.4. The molecule has 2 aromatic heterocycles. The maximum absolute atomic E-state index is 11.9. The number of carboxylic acids is 1. The van der Waals surface area contributed by atoms with Crippen LogP contribution < -0.4 is 5.32 Å². The Morgan fingerprint density at radius 3 is 2.81 bits per heavy atom. The second kappa shape index (κ2) is 6.36. The summed E-state index contributed by atoms with van der Waals surface area (Å²) in [5.41, 5.74) is 1.07. The number of carbonyl (C=O) groups excluding carboxylic acids is 1. The fraction of sp³-hybridized carbons (Fsp3) is 0.231. The van der Waals surface area contributed by atoms with Crippen LogP contribution in [-0.2, 0) is 6.54 Å². The summed E-state index contributed by atoms with van der Waals surface area (Å²) in [5, 5.41) is 11.7. The van der Waals surface area contributed by atoms with Crippen molar-refractivity contribution in [2.75, 3.05) is 6.54 Å². The number of aryl methyl sites for hydroxylation is 1. The van der Waals surface area contributed by atoms with E-state index in [1.54, 1.807) is 17.6 Å². The summed E-state index contributed by atoms with van der Waals surface area (Å²) in [5.74, 6) is -1.35. The number of imidazole rings is 1. The van der Waals surface area contributed by atoms with Crippen LogP contribution in [0.3, 0.4) is 0 Å². The molecule has 7 nitrogen and oxygen atoms in total. The first kappa shape index (κ1) is 15.0. The molecule has 0 bridgehead atoms. The van der Waals surface area contributed by atoms with Crippen LogP contribution in [0.5, 0.6) is 0 Å². The average molecular weight is 309 g/mol. The molecule has 0 atom stereocenters. The van der Waals surface area contributed by atoms with Gasteiger partial charge >= 0.3 is 5.97 Å². The third-order valence-electron chi connectivity index (χ3n) is 2.69. The predicted molar refractivity (Wildman–Crippen MR) is 75.5 cm³/mol. The zero-order chi connectivity index (χ0) is 15.4. The van der Waals surface area contributed by atoms with Crippen molar-refractivity contribution in [1.29, 1.82) is 0 Å². The lowest BCUT2D eigenvalue weighted by Crippen LogP contribution is -2.27. The Hall–Kier alpha value is -2.41. The monoisotopic (exact) mass is 308 g/mol. The van der Waals surface area contributed by atoms with Crippen LogP contribution in [0.2, 0.25) is 5.15 Å². The van der Waals surface area contributed by atoms with Crippen molar-refractivity contribution in [3.05, 3.63) is 46.8 Å². The number of pyridine rings is 1. The highest BCUT2D eigenvalue weighted by Crippen LogP contribution is 2.10. The topological polar surface area (TPSA) is 97.1 Å². The summed E-state index contributed by atoms with van der Waals surface area (Å²) < 4.78 is 1.59. The smallest absolute Gasteiger partial charge is 0.356 e. The van der Waals surface area contributed by atoms with Gasteiger partial charge in [-0.2, -0.15) is 0 Å². The van der Waals surface area contributed by atoms with Gasteiger partial charge in [0.1, 0.15) is 5.15 Å². The van der Waals surface area contributed by atoms with Gasteiger partial charge in [0.2, 0.25) is 0 Å². The van der Waals surface area contributed by atoms with E-state index in [1.165, 1.54) is 18.6 Å². The molecule has 0 unspecified atom stereocenters. The number of carbonyl (C=O) groups is 2. The van der Waals surface area contributed by atoms with Crippen LogP contribution in [0.4, 0.5) is 0 Å². The molecule has 2 heterocycles. The second-order valence-corrected chi connectivity index (χ2v) is 4.76. The fourth-order valence-electron chi connectivity index (χ4n) is 1.75. The number of nitrogens with one attached hydrogen (secondary N) is 1. The highest BCUT2D eigenvalue weighted by atomic mass is 35.5. The standard InChI is InChI=1S/C13H13ClN4O3/c1-8-4-9(5-11(14)17-8)12(19)15-2-3-18-6-10(13(20)21)16-7-18/h4-7H,2-3H2,1H3,(H,15,19)(H,20,21). The van der Waals surface area contributed by atoms with Crippen LogP contribution in [-0.4, -0.2) is 38.1 Å². The van der Waals surface area contributed by atoms with E-state index in [0.29, 0.717) is 24.3 Å². The third-order valence-corrected chi connectivity index (χ3v) is 2.89. The van der Waals surface area contributed by atoms with Crippen LogP contribution in [0, 0.1) is 6.92 Å². The molecule has 0 saturated carbocycles. The molecule has 2 rings (SSSR count). The van der Waals surface area contributed by atoms with Crippen molar-refractivity contribution in [2.45, 2.75) is 13.5 Å². The van der Waals surface area contributed by atoms with Crippen LogP contribution >= 0.6 is 11.6 Å². The number of amides is 1. The number of aromatic carboxylic acids is 1. The Balaban J connectivity index is 1.90. The van der Waals surface area contributed by atoms with Gasteiger partial charge in [-0.25, -0.2) is 14.8 Å². The van der Waals surface area contributed by atoms with Crippen molar-refractivity contribution in [2.24, 2.45) is 0 Å². The van der Waals surface area contributed by atoms with Gasteiger partial charge in [-0.15, -0.1) is 0 Å². The van der Waals surface area contributed by atoms with E-state index in [-0.39, 0.29) is 16.8 Å². The minimum Gasteiger partial charge on any atom is -0.476 e. The molecule has 2 N–H and O–H groups in total. The van der Waals surface area contributed by atoms with Gasteiger partial charge in [-0.05, 0) is 19.1 Å².